The van der Waals surface area contributed by atoms with Crippen LogP contribution in [-0.2, 0) is 5.41 Å². The van der Waals surface area contributed by atoms with E-state index in [4.69, 9.17) is 5.48 Å². The van der Waals surface area contributed by atoms with Gasteiger partial charge in [0.25, 0.3) is 0 Å². The van der Waals surface area contributed by atoms with Crippen molar-refractivity contribution in [1.29, 1.82) is 0 Å². The first kappa shape index (κ1) is 23.2. The zero-order valence-electron chi connectivity index (χ0n) is 34.4. The summed E-state index contributed by atoms with van der Waals surface area (Å²) in [6, 6.07) is 52.3. The van der Waals surface area contributed by atoms with Crippen LogP contribution < -0.4 is 4.90 Å². The van der Waals surface area contributed by atoms with Crippen LogP contribution in [0.2, 0.25) is 0 Å². The van der Waals surface area contributed by atoms with Gasteiger partial charge in [-0.1, -0.05) is 152 Å². The molecule has 0 N–H and O–H groups in total. The van der Waals surface area contributed by atoms with Crippen molar-refractivity contribution in [2.75, 3.05) is 4.90 Å². The summed E-state index contributed by atoms with van der Waals surface area (Å²) in [7, 11) is 0. The maximum atomic E-state index is 9.77. The second-order valence-corrected chi connectivity index (χ2v) is 13.8. The van der Waals surface area contributed by atoms with Gasteiger partial charge in [0.15, 0.2) is 0 Å². The lowest BCUT2D eigenvalue weighted by Gasteiger charge is -2.34. The van der Waals surface area contributed by atoms with Crippen molar-refractivity contribution in [2.45, 2.75) is 5.41 Å². The quantitative estimate of drug-likeness (QED) is 0.170. The molecule has 0 amide bonds. The lowest BCUT2D eigenvalue weighted by Crippen LogP contribution is -2.28. The normalized spacial score (nSPS) is 14.8. The predicted octanol–water partition coefficient (Wildman–Crippen LogP) is 13.6. The molecule has 1 aliphatic rings. The molecule has 0 saturated carbocycles. The Bertz CT molecular complexity index is 3030. The van der Waals surface area contributed by atoms with Crippen LogP contribution in [0.5, 0.6) is 0 Å². The molecule has 0 bridgehead atoms. The van der Waals surface area contributed by atoms with E-state index in [1.807, 2.05) is 77.7 Å². The zero-order chi connectivity index (χ0) is 39.9. The Morgan fingerprint density at radius 3 is 1.65 bits per heavy atom. The first-order valence-electron chi connectivity index (χ1n) is 20.4. The number of fused-ring (bicyclic) bond motifs is 6. The monoisotopic (exact) mass is 674 g/mol. The fourth-order valence-corrected chi connectivity index (χ4v) is 8.74. The Kier molecular flexibility index (Phi) is 5.46. The summed E-state index contributed by atoms with van der Waals surface area (Å²) in [6.45, 7) is 0. The van der Waals surface area contributed by atoms with Crippen LogP contribution in [-0.4, -0.2) is 0 Å². The van der Waals surface area contributed by atoms with Gasteiger partial charge in [-0.2, -0.15) is 0 Å². The van der Waals surface area contributed by atoms with Crippen LogP contribution >= 0.6 is 11.3 Å². The number of thiophene rings is 1. The predicted molar refractivity (Wildman–Crippen MR) is 217 cm³/mol. The number of hydrogen-bond acceptors (Lipinski definition) is 2. The summed E-state index contributed by atoms with van der Waals surface area (Å²) in [5.41, 5.74) is 9.82. The van der Waals surface area contributed by atoms with Crippen molar-refractivity contribution in [3.63, 3.8) is 0 Å². The van der Waals surface area contributed by atoms with E-state index in [0.717, 1.165) is 33.6 Å². The molecule has 9 aromatic rings. The van der Waals surface area contributed by atoms with Gasteiger partial charge in [-0.15, -0.1) is 11.3 Å². The Balaban J connectivity index is 1.22. The van der Waals surface area contributed by atoms with Crippen LogP contribution in [0.1, 0.15) is 31.8 Å². The number of nitrogens with zero attached hydrogens (tertiary/aromatic N) is 1. The van der Waals surface area contributed by atoms with Gasteiger partial charge in [0.1, 0.15) is 0 Å². The Morgan fingerprint density at radius 1 is 0.431 bits per heavy atom. The van der Waals surface area contributed by atoms with E-state index >= 15 is 0 Å². The zero-order valence-corrected chi connectivity index (χ0v) is 28.2. The fourth-order valence-electron chi connectivity index (χ4n) is 7.82. The van der Waals surface area contributed by atoms with Crippen LogP contribution in [0.25, 0.3) is 42.4 Å². The number of rotatable bonds is 6. The second-order valence-electron chi connectivity index (χ2n) is 12.7. The van der Waals surface area contributed by atoms with E-state index in [9.17, 15) is 4.11 Å². The maximum absolute atomic E-state index is 9.77. The molecule has 240 valence electrons. The second kappa shape index (κ2) is 12.0. The number of benzene rings is 8. The molecule has 8 aromatic carbocycles. The van der Waals surface area contributed by atoms with E-state index in [2.05, 4.69) is 84.9 Å². The molecule has 0 spiro atoms. The van der Waals surface area contributed by atoms with E-state index in [1.165, 1.54) is 22.3 Å². The van der Waals surface area contributed by atoms with E-state index < -0.39 is 11.5 Å². The van der Waals surface area contributed by atoms with Crippen molar-refractivity contribution in [3.8, 4) is 22.3 Å². The summed E-state index contributed by atoms with van der Waals surface area (Å²) in [5.74, 6) is 0. The lowest BCUT2D eigenvalue weighted by atomic mass is 9.68. The van der Waals surface area contributed by atoms with Crippen LogP contribution in [0.4, 0.5) is 17.1 Å². The molecule has 0 atom stereocenters. The largest absolute Gasteiger partial charge is 0.310 e. The summed E-state index contributed by atoms with van der Waals surface area (Å²) >= 11 is 1.04. The topological polar surface area (TPSA) is 3.24 Å². The third-order valence-electron chi connectivity index (χ3n) is 10.0. The smallest absolute Gasteiger partial charge is 0.0713 e. The van der Waals surface area contributed by atoms with Gasteiger partial charge < -0.3 is 4.90 Å². The van der Waals surface area contributed by atoms with Gasteiger partial charge in [0, 0.05) is 37.2 Å². The van der Waals surface area contributed by atoms with Crippen molar-refractivity contribution in [3.05, 3.63) is 222 Å². The molecule has 1 heterocycles. The summed E-state index contributed by atoms with van der Waals surface area (Å²) in [5, 5.41) is 0.441. The highest BCUT2D eigenvalue weighted by molar-refractivity contribution is 7.25. The van der Waals surface area contributed by atoms with Crippen molar-refractivity contribution >= 4 is 48.6 Å². The van der Waals surface area contributed by atoms with Crippen molar-refractivity contribution < 1.29 is 9.60 Å². The first-order chi connectivity index (χ1) is 28.2. The van der Waals surface area contributed by atoms with Gasteiger partial charge in [0.2, 0.25) is 0 Å². The van der Waals surface area contributed by atoms with Crippen LogP contribution in [0, 0.1) is 0 Å². The Hall–Kier alpha value is -6.22. The van der Waals surface area contributed by atoms with E-state index in [0.29, 0.717) is 16.1 Å². The van der Waals surface area contributed by atoms with Crippen LogP contribution in [0.15, 0.2) is 200 Å². The average Bonchev–Trinajstić information content (AvgIpc) is 3.83. The summed E-state index contributed by atoms with van der Waals surface area (Å²) < 4.78 is 63.3. The molecule has 0 aliphatic heterocycles. The maximum Gasteiger partial charge on any atom is 0.0713 e. The molecule has 1 aliphatic carbocycles. The Labute approximate surface area is 312 Å². The molecule has 51 heavy (non-hydrogen) atoms. The molecule has 0 fully saturated rings. The fraction of sp³-hybridized carbons (Fsp3) is 0.0204. The molecule has 10 rings (SSSR count). The highest BCUT2D eigenvalue weighted by atomic mass is 32.1. The van der Waals surface area contributed by atoms with Gasteiger partial charge in [0.05, 0.1) is 15.0 Å². The minimum absolute atomic E-state index is 0.0807. The van der Waals surface area contributed by atoms with Crippen LogP contribution in [0.3, 0.4) is 0 Å². The van der Waals surface area contributed by atoms with Crippen molar-refractivity contribution in [1.82, 2.24) is 0 Å². The highest BCUT2D eigenvalue weighted by Gasteiger charge is 2.45. The molecule has 1 aromatic heterocycles. The third kappa shape index (κ3) is 4.68. The highest BCUT2D eigenvalue weighted by Crippen LogP contribution is 2.56. The van der Waals surface area contributed by atoms with Gasteiger partial charge in [-0.25, -0.2) is 0 Å². The molecule has 0 saturated heterocycles. The lowest BCUT2D eigenvalue weighted by molar-refractivity contribution is 0.768. The van der Waals surface area contributed by atoms with E-state index in [-0.39, 0.29) is 57.4 Å². The Morgan fingerprint density at radius 2 is 0.961 bits per heavy atom. The molecule has 0 radical (unpaired) electrons. The number of hydrogen-bond donors (Lipinski definition) is 0. The van der Waals surface area contributed by atoms with Crippen molar-refractivity contribution in [2.24, 2.45) is 0 Å². The third-order valence-corrected chi connectivity index (χ3v) is 11.1. The standard InChI is InChI=1S/C49H33NS/c1-3-13-34(14-4-1)35-23-27-38(28-24-35)50(40-31-32-48-44(33-40)43-19-9-12-22-47(43)51-48)39-29-25-37(26-30-39)49(36-15-5-2-6-16-36)45-20-10-7-17-41(45)42-18-8-11-21-46(42)49/h1-33H/i9D,12D,19D,22D,31D,32D,33D. The molecule has 0 unspecified atom stereocenters. The van der Waals surface area contributed by atoms with Gasteiger partial charge in [-0.05, 0) is 92.9 Å². The minimum atomic E-state index is -0.623. The number of anilines is 3. The average molecular weight is 675 g/mol. The first-order valence-corrected chi connectivity index (χ1v) is 17.8. The van der Waals surface area contributed by atoms with Gasteiger partial charge >= 0.3 is 0 Å². The van der Waals surface area contributed by atoms with Gasteiger partial charge in [-0.3, -0.25) is 0 Å². The minimum Gasteiger partial charge on any atom is -0.310 e. The molecular weight excluding hydrogens is 635 g/mol. The summed E-state index contributed by atoms with van der Waals surface area (Å²) in [6.07, 6.45) is 0. The SMILES string of the molecule is [2H]c1c([2H])c([2H])c2c(sc3c([2H])c([2H])c(N(c4ccc(-c5ccccc5)cc4)c4ccc(C5(c6ccccc6)c6ccccc6-c6ccccc65)cc4)c([2H])c32)c1[2H]. The molecular formula is C49H33NS. The molecule has 2 heteroatoms. The summed E-state index contributed by atoms with van der Waals surface area (Å²) in [4.78, 5) is 1.83. The van der Waals surface area contributed by atoms with E-state index in [1.54, 1.807) is 0 Å². The molecule has 1 nitrogen and oxygen atoms in total.